The van der Waals surface area contributed by atoms with Gasteiger partial charge in [0.2, 0.25) is 0 Å². The molecule has 0 spiro atoms. The average molecular weight is 398 g/mol. The third-order valence-electron chi connectivity index (χ3n) is 6.25. The first kappa shape index (κ1) is 19.7. The summed E-state index contributed by atoms with van der Waals surface area (Å²) in [5, 5.41) is 19.1. The fourth-order valence-corrected chi connectivity index (χ4v) is 4.36. The molecule has 2 aliphatic rings. The Labute approximate surface area is 175 Å². The minimum absolute atomic E-state index is 0.0342. The number of nitriles is 2. The van der Waals surface area contributed by atoms with E-state index in [0.29, 0.717) is 35.3 Å². The molecule has 6 heteroatoms. The van der Waals surface area contributed by atoms with Gasteiger partial charge in [0.05, 0.1) is 34.4 Å². The van der Waals surface area contributed by atoms with Crippen LogP contribution in [0.15, 0.2) is 30.3 Å². The second-order valence-electron chi connectivity index (χ2n) is 8.59. The lowest BCUT2D eigenvalue weighted by atomic mass is 9.87. The van der Waals surface area contributed by atoms with Crippen LogP contribution >= 0.6 is 0 Å². The highest BCUT2D eigenvalue weighted by Gasteiger charge is 2.41. The molecule has 2 aromatic carbocycles. The Bertz CT molecular complexity index is 1180. The summed E-state index contributed by atoms with van der Waals surface area (Å²) in [7, 11) is 0. The molecule has 0 saturated carbocycles. The second-order valence-corrected chi connectivity index (χ2v) is 8.59. The molecule has 6 nitrogen and oxygen atoms in total. The molecule has 0 radical (unpaired) electrons. The van der Waals surface area contributed by atoms with E-state index in [0.717, 1.165) is 16.7 Å². The van der Waals surface area contributed by atoms with Crippen LogP contribution < -0.4 is 0 Å². The zero-order valence-electron chi connectivity index (χ0n) is 17.5. The molecule has 2 aromatic rings. The van der Waals surface area contributed by atoms with E-state index in [1.807, 2.05) is 39.8 Å². The van der Waals surface area contributed by atoms with Crippen molar-refractivity contribution in [2.24, 2.45) is 0 Å². The normalized spacial score (nSPS) is 15.3. The molecule has 0 aliphatic carbocycles. The third-order valence-corrected chi connectivity index (χ3v) is 6.25. The van der Waals surface area contributed by atoms with E-state index in [9.17, 15) is 20.1 Å². The van der Waals surface area contributed by atoms with Gasteiger partial charge < -0.3 is 9.80 Å². The summed E-state index contributed by atoms with van der Waals surface area (Å²) >= 11 is 0. The second kappa shape index (κ2) is 6.71. The molecule has 0 unspecified atom stereocenters. The van der Waals surface area contributed by atoms with Gasteiger partial charge in [-0.3, -0.25) is 9.59 Å². The molecule has 2 amide bonds. The predicted octanol–water partition coefficient (Wildman–Crippen LogP) is 3.69. The van der Waals surface area contributed by atoms with Crippen LogP contribution in [0.3, 0.4) is 0 Å². The maximum atomic E-state index is 13.2. The van der Waals surface area contributed by atoms with E-state index in [1.165, 1.54) is 0 Å². The van der Waals surface area contributed by atoms with Crippen molar-refractivity contribution in [3.63, 3.8) is 0 Å². The standard InChI is InChI=1S/C24H22N4O2/c1-14(2)27-13-20-17(11-26)8-18(9-19(20)22(27)29)24(3,4)28-12-16-7-5-6-15(10-25)21(16)23(28)30/h5-9,14H,12-13H2,1-4H3. The number of carbonyl (C=O) groups excluding carboxylic acids is 2. The molecule has 4 rings (SSSR count). The molecular weight excluding hydrogens is 376 g/mol. The van der Waals surface area contributed by atoms with Crippen molar-refractivity contribution in [2.75, 3.05) is 0 Å². The minimum Gasteiger partial charge on any atom is -0.332 e. The molecule has 0 atom stereocenters. The highest BCUT2D eigenvalue weighted by Crippen LogP contribution is 2.39. The lowest BCUT2D eigenvalue weighted by Crippen LogP contribution is -2.42. The molecule has 2 heterocycles. The first-order valence-corrected chi connectivity index (χ1v) is 9.93. The number of hydrogen-bond acceptors (Lipinski definition) is 4. The van der Waals surface area contributed by atoms with E-state index in [2.05, 4.69) is 12.1 Å². The number of amides is 2. The summed E-state index contributed by atoms with van der Waals surface area (Å²) in [6.07, 6.45) is 0. The van der Waals surface area contributed by atoms with Crippen molar-refractivity contribution in [2.45, 2.75) is 52.4 Å². The number of rotatable bonds is 3. The molecular formula is C24H22N4O2. The molecule has 0 saturated heterocycles. The summed E-state index contributed by atoms with van der Waals surface area (Å²) in [4.78, 5) is 29.6. The number of nitrogens with zero attached hydrogens (tertiary/aromatic N) is 4. The summed E-state index contributed by atoms with van der Waals surface area (Å²) < 4.78 is 0. The molecule has 0 fully saturated rings. The van der Waals surface area contributed by atoms with Crippen molar-refractivity contribution in [3.05, 3.63) is 69.3 Å². The Balaban J connectivity index is 1.79. The van der Waals surface area contributed by atoms with Crippen molar-refractivity contribution in [1.29, 1.82) is 10.5 Å². The fourth-order valence-electron chi connectivity index (χ4n) is 4.36. The Morgan fingerprint density at radius 1 is 1.00 bits per heavy atom. The Hall–Kier alpha value is -3.64. The first-order valence-electron chi connectivity index (χ1n) is 9.93. The minimum atomic E-state index is -0.769. The van der Waals surface area contributed by atoms with Gasteiger partial charge in [-0.15, -0.1) is 0 Å². The van der Waals surface area contributed by atoms with Gasteiger partial charge in [0.25, 0.3) is 11.8 Å². The first-order chi connectivity index (χ1) is 14.2. The van der Waals surface area contributed by atoms with E-state index >= 15 is 0 Å². The summed E-state index contributed by atoms with van der Waals surface area (Å²) in [5.41, 5.74) is 3.34. The van der Waals surface area contributed by atoms with Gasteiger partial charge in [-0.05, 0) is 57.0 Å². The number of carbonyl (C=O) groups is 2. The summed E-state index contributed by atoms with van der Waals surface area (Å²) in [6, 6.07) is 13.3. The Morgan fingerprint density at radius 2 is 1.70 bits per heavy atom. The number of benzene rings is 2. The van der Waals surface area contributed by atoms with Crippen molar-refractivity contribution in [1.82, 2.24) is 9.80 Å². The van der Waals surface area contributed by atoms with Crippen LogP contribution in [-0.2, 0) is 18.6 Å². The van der Waals surface area contributed by atoms with Gasteiger partial charge in [-0.1, -0.05) is 12.1 Å². The smallest absolute Gasteiger partial charge is 0.256 e. The van der Waals surface area contributed by atoms with Gasteiger partial charge in [0.1, 0.15) is 0 Å². The van der Waals surface area contributed by atoms with E-state index in [4.69, 9.17) is 0 Å². The van der Waals surface area contributed by atoms with Crippen LogP contribution in [0.1, 0.15) is 76.2 Å². The molecule has 0 bridgehead atoms. The van der Waals surface area contributed by atoms with Gasteiger partial charge >= 0.3 is 0 Å². The Kier molecular flexibility index (Phi) is 4.40. The Morgan fingerprint density at radius 3 is 2.33 bits per heavy atom. The topological polar surface area (TPSA) is 88.2 Å². The molecule has 2 aliphatic heterocycles. The van der Waals surface area contributed by atoms with Crippen molar-refractivity contribution in [3.8, 4) is 12.1 Å². The lowest BCUT2D eigenvalue weighted by molar-refractivity contribution is 0.0568. The highest BCUT2D eigenvalue weighted by molar-refractivity contribution is 6.02. The van der Waals surface area contributed by atoms with Crippen LogP contribution in [0.25, 0.3) is 0 Å². The monoisotopic (exact) mass is 398 g/mol. The number of fused-ring (bicyclic) bond motifs is 2. The van der Waals surface area contributed by atoms with E-state index < -0.39 is 5.54 Å². The maximum Gasteiger partial charge on any atom is 0.256 e. The predicted molar refractivity (Wildman–Crippen MR) is 110 cm³/mol. The maximum absolute atomic E-state index is 13.2. The van der Waals surface area contributed by atoms with Crippen LogP contribution in [0.2, 0.25) is 0 Å². The van der Waals surface area contributed by atoms with Gasteiger partial charge in [0.15, 0.2) is 0 Å². The van der Waals surface area contributed by atoms with Crippen LogP contribution in [0.5, 0.6) is 0 Å². The highest BCUT2D eigenvalue weighted by atomic mass is 16.2. The zero-order chi connectivity index (χ0) is 21.8. The molecule has 0 N–H and O–H groups in total. The lowest BCUT2D eigenvalue weighted by Gasteiger charge is -2.36. The van der Waals surface area contributed by atoms with Crippen molar-refractivity contribution < 1.29 is 9.59 Å². The number of hydrogen-bond donors (Lipinski definition) is 0. The van der Waals surface area contributed by atoms with Gasteiger partial charge in [0, 0.05) is 30.3 Å². The largest absolute Gasteiger partial charge is 0.332 e. The summed E-state index contributed by atoms with van der Waals surface area (Å²) in [6.45, 7) is 8.52. The fraction of sp³-hybridized carbons (Fsp3) is 0.333. The summed E-state index contributed by atoms with van der Waals surface area (Å²) in [5.74, 6) is -0.293. The SMILES string of the molecule is CC(C)N1Cc2c(C#N)cc(C(C)(C)N3Cc4cccc(C#N)c4C3=O)cc2C1=O. The van der Waals surface area contributed by atoms with Crippen molar-refractivity contribution >= 4 is 11.8 Å². The quantitative estimate of drug-likeness (QED) is 0.789. The van der Waals surface area contributed by atoms with E-state index in [-0.39, 0.29) is 17.9 Å². The van der Waals surface area contributed by atoms with E-state index in [1.54, 1.807) is 28.0 Å². The molecule has 150 valence electrons. The third kappa shape index (κ3) is 2.69. The van der Waals surface area contributed by atoms with Crippen LogP contribution in [0.4, 0.5) is 0 Å². The van der Waals surface area contributed by atoms with Gasteiger partial charge in [-0.25, -0.2) is 0 Å². The molecule has 0 aromatic heterocycles. The molecule has 30 heavy (non-hydrogen) atoms. The zero-order valence-corrected chi connectivity index (χ0v) is 17.5. The van der Waals surface area contributed by atoms with Crippen LogP contribution in [-0.4, -0.2) is 27.7 Å². The van der Waals surface area contributed by atoms with Crippen LogP contribution in [0, 0.1) is 22.7 Å². The average Bonchev–Trinajstić information content (AvgIpc) is 3.25. The van der Waals surface area contributed by atoms with Gasteiger partial charge in [-0.2, -0.15) is 10.5 Å².